The molecule has 2 unspecified atom stereocenters. The smallest absolute Gasteiger partial charge is 0.345 e. The van der Waals surface area contributed by atoms with Gasteiger partial charge in [0.1, 0.15) is 11.6 Å². The normalized spacial score (nSPS) is 29.0. The number of nitrogens with one attached hydrogen (secondary N) is 2. The Morgan fingerprint density at radius 1 is 1.39 bits per heavy atom. The Balaban J connectivity index is 1.46. The minimum absolute atomic E-state index is 0.00623. The first-order valence-corrected chi connectivity index (χ1v) is 9.37. The van der Waals surface area contributed by atoms with E-state index in [1.807, 2.05) is 6.08 Å². The van der Waals surface area contributed by atoms with Crippen molar-refractivity contribution in [2.45, 2.75) is 19.8 Å². The van der Waals surface area contributed by atoms with E-state index >= 15 is 0 Å². The highest BCUT2D eigenvalue weighted by atomic mass is 19.1. The van der Waals surface area contributed by atoms with Crippen LogP contribution in [0.15, 0.2) is 52.7 Å². The Bertz CT molecular complexity index is 891. The minimum Gasteiger partial charge on any atom is -0.493 e. The maximum atomic E-state index is 13.0. The van der Waals surface area contributed by atoms with Crippen LogP contribution in [0.5, 0.6) is 0 Å². The number of anilines is 1. The van der Waals surface area contributed by atoms with E-state index in [9.17, 15) is 14.0 Å². The molecule has 1 aliphatic carbocycles. The number of ether oxygens (including phenoxy) is 1. The average Bonchev–Trinajstić information content (AvgIpc) is 3.28. The number of nitrogens with zero attached hydrogens (tertiary/aromatic N) is 1. The molecule has 1 aromatic rings. The first-order chi connectivity index (χ1) is 13.4. The Kier molecular flexibility index (Phi) is 4.75. The van der Waals surface area contributed by atoms with E-state index in [1.54, 1.807) is 0 Å². The van der Waals surface area contributed by atoms with Crippen molar-refractivity contribution < 1.29 is 18.7 Å². The maximum Gasteiger partial charge on any atom is 0.345 e. The molecule has 0 spiro atoms. The Labute approximate surface area is 162 Å². The van der Waals surface area contributed by atoms with Crippen molar-refractivity contribution in [1.82, 2.24) is 5.32 Å². The van der Waals surface area contributed by atoms with E-state index in [-0.39, 0.29) is 23.1 Å². The highest BCUT2D eigenvalue weighted by molar-refractivity contribution is 6.01. The average molecular weight is 383 g/mol. The van der Waals surface area contributed by atoms with Crippen molar-refractivity contribution in [3.63, 3.8) is 0 Å². The molecule has 0 bridgehead atoms. The number of hydrogen-bond donors (Lipinski definition) is 2. The second-order valence-electron chi connectivity index (χ2n) is 7.67. The highest BCUT2D eigenvalue weighted by Gasteiger charge is 2.46. The molecule has 3 atom stereocenters. The molecule has 4 rings (SSSR count). The molecular formula is C21H22FN3O3. The van der Waals surface area contributed by atoms with E-state index in [0.717, 1.165) is 18.6 Å². The molecule has 0 aromatic heterocycles. The molecule has 0 radical (unpaired) electrons. The second-order valence-corrected chi connectivity index (χ2v) is 7.67. The van der Waals surface area contributed by atoms with Crippen LogP contribution in [-0.4, -0.2) is 31.3 Å². The van der Waals surface area contributed by atoms with Crippen molar-refractivity contribution in [3.8, 4) is 0 Å². The maximum absolute atomic E-state index is 13.0. The van der Waals surface area contributed by atoms with Crippen molar-refractivity contribution in [2.24, 2.45) is 22.2 Å². The molecule has 3 aliphatic rings. The number of amides is 3. The predicted molar refractivity (Wildman–Crippen MR) is 103 cm³/mol. The van der Waals surface area contributed by atoms with E-state index in [4.69, 9.17) is 4.74 Å². The molecule has 2 aliphatic heterocycles. The lowest BCUT2D eigenvalue weighted by Crippen LogP contribution is -2.34. The van der Waals surface area contributed by atoms with Crippen molar-refractivity contribution >= 4 is 23.8 Å². The fraction of sp³-hybridized carbons (Fsp3) is 0.381. The lowest BCUT2D eigenvalue weighted by Gasteiger charge is -2.36. The monoisotopic (exact) mass is 383 g/mol. The SMILES string of the molecule is CC1([C@@H]2CNC(=O)C2C=NC(=O)Nc2ccc(F)cc2)C=CC2=C(CCO2)C1. The zero-order chi connectivity index (χ0) is 19.7. The molecule has 2 heterocycles. The molecule has 6 nitrogen and oxygen atoms in total. The van der Waals surface area contributed by atoms with Gasteiger partial charge < -0.3 is 15.4 Å². The number of urea groups is 1. The van der Waals surface area contributed by atoms with Crippen LogP contribution in [-0.2, 0) is 9.53 Å². The number of hydrogen-bond acceptors (Lipinski definition) is 3. The molecule has 28 heavy (non-hydrogen) atoms. The molecule has 3 amide bonds. The molecule has 146 valence electrons. The molecule has 0 saturated carbocycles. The number of carbonyl (C=O) groups is 2. The van der Waals surface area contributed by atoms with Gasteiger partial charge in [-0.2, -0.15) is 0 Å². The van der Waals surface area contributed by atoms with Crippen LogP contribution in [0.25, 0.3) is 0 Å². The quantitative estimate of drug-likeness (QED) is 0.785. The zero-order valence-corrected chi connectivity index (χ0v) is 15.6. The summed E-state index contributed by atoms with van der Waals surface area (Å²) in [6.45, 7) is 3.39. The summed E-state index contributed by atoms with van der Waals surface area (Å²) >= 11 is 0. The summed E-state index contributed by atoms with van der Waals surface area (Å²) in [4.78, 5) is 28.4. The van der Waals surface area contributed by atoms with Crippen molar-refractivity contribution in [2.75, 3.05) is 18.5 Å². The van der Waals surface area contributed by atoms with Gasteiger partial charge in [-0.1, -0.05) is 13.0 Å². The topological polar surface area (TPSA) is 79.8 Å². The van der Waals surface area contributed by atoms with Gasteiger partial charge in [-0.15, -0.1) is 0 Å². The Morgan fingerprint density at radius 2 is 2.18 bits per heavy atom. The zero-order valence-electron chi connectivity index (χ0n) is 15.6. The molecule has 2 N–H and O–H groups in total. The summed E-state index contributed by atoms with van der Waals surface area (Å²) < 4.78 is 18.6. The van der Waals surface area contributed by atoms with Gasteiger partial charge in [0.05, 0.1) is 12.5 Å². The molecule has 1 aromatic carbocycles. The number of halogens is 1. The standard InChI is InChI=1S/C21H22FN3O3/c1-21(8-6-18-13(10-21)7-9-28-18)17-12-23-19(26)16(17)11-24-20(27)25-15-4-2-14(22)3-5-15/h2-6,8,11,16-17H,7,9-10,12H2,1H3,(H,23,26)(H,25,27)/t16?,17-,21?/m1/s1. The van der Waals surface area contributed by atoms with Gasteiger partial charge in [-0.05, 0) is 47.8 Å². The first kappa shape index (κ1) is 18.4. The van der Waals surface area contributed by atoms with Gasteiger partial charge in [-0.3, -0.25) is 4.79 Å². The number of allylic oxidation sites excluding steroid dienone is 2. The van der Waals surface area contributed by atoms with Crippen LogP contribution in [0.1, 0.15) is 19.8 Å². The Morgan fingerprint density at radius 3 is 2.96 bits per heavy atom. The fourth-order valence-corrected chi connectivity index (χ4v) is 4.18. The summed E-state index contributed by atoms with van der Waals surface area (Å²) in [5.74, 6) is -0.0444. The van der Waals surface area contributed by atoms with Gasteiger partial charge in [0, 0.05) is 30.8 Å². The van der Waals surface area contributed by atoms with Crippen LogP contribution < -0.4 is 10.6 Å². The summed E-state index contributed by atoms with van der Waals surface area (Å²) in [7, 11) is 0. The van der Waals surface area contributed by atoms with Gasteiger partial charge >= 0.3 is 6.03 Å². The third-order valence-electron chi connectivity index (χ3n) is 5.75. The fourth-order valence-electron chi connectivity index (χ4n) is 4.18. The van der Waals surface area contributed by atoms with Crippen LogP contribution in [0, 0.1) is 23.1 Å². The first-order valence-electron chi connectivity index (χ1n) is 9.37. The largest absolute Gasteiger partial charge is 0.493 e. The lowest BCUT2D eigenvalue weighted by molar-refractivity contribution is -0.121. The van der Waals surface area contributed by atoms with E-state index < -0.39 is 11.9 Å². The third kappa shape index (κ3) is 3.56. The van der Waals surface area contributed by atoms with Crippen LogP contribution in [0.4, 0.5) is 14.9 Å². The predicted octanol–water partition coefficient (Wildman–Crippen LogP) is 3.43. The summed E-state index contributed by atoms with van der Waals surface area (Å²) in [5, 5.41) is 5.47. The van der Waals surface area contributed by atoms with E-state index in [2.05, 4.69) is 28.6 Å². The van der Waals surface area contributed by atoms with Crippen LogP contribution in [0.3, 0.4) is 0 Å². The van der Waals surface area contributed by atoms with Gasteiger partial charge in [0.25, 0.3) is 0 Å². The number of rotatable bonds is 3. The summed E-state index contributed by atoms with van der Waals surface area (Å²) in [6.07, 6.45) is 7.30. The molecule has 7 heteroatoms. The second kappa shape index (κ2) is 7.22. The molecule has 1 saturated heterocycles. The summed E-state index contributed by atoms with van der Waals surface area (Å²) in [5.41, 5.74) is 1.52. The minimum atomic E-state index is -0.594. The Hall–Kier alpha value is -2.96. The lowest BCUT2D eigenvalue weighted by atomic mass is 9.66. The van der Waals surface area contributed by atoms with E-state index in [0.29, 0.717) is 18.8 Å². The molecule has 1 fully saturated rings. The van der Waals surface area contributed by atoms with Crippen molar-refractivity contribution in [3.05, 3.63) is 53.6 Å². The molecular weight excluding hydrogens is 361 g/mol. The number of benzene rings is 1. The van der Waals surface area contributed by atoms with Crippen molar-refractivity contribution in [1.29, 1.82) is 0 Å². The van der Waals surface area contributed by atoms with E-state index in [1.165, 1.54) is 36.1 Å². The summed E-state index contributed by atoms with van der Waals surface area (Å²) in [6, 6.07) is 4.83. The van der Waals surface area contributed by atoms with Crippen LogP contribution >= 0.6 is 0 Å². The van der Waals surface area contributed by atoms with Gasteiger partial charge in [0.15, 0.2) is 0 Å². The number of carbonyl (C=O) groups excluding carboxylic acids is 2. The number of aliphatic imine (C=N–C) groups is 1. The third-order valence-corrected chi connectivity index (χ3v) is 5.75. The highest BCUT2D eigenvalue weighted by Crippen LogP contribution is 2.46. The van der Waals surface area contributed by atoms with Gasteiger partial charge in [-0.25, -0.2) is 14.2 Å². The van der Waals surface area contributed by atoms with Gasteiger partial charge in [0.2, 0.25) is 5.91 Å². The van der Waals surface area contributed by atoms with Crippen LogP contribution in [0.2, 0.25) is 0 Å².